The molecule has 0 spiro atoms. The summed E-state index contributed by atoms with van der Waals surface area (Å²) in [4.78, 5) is 33.8. The molecule has 2 aromatic heterocycles. The maximum Gasteiger partial charge on any atom is 0.416 e. The lowest BCUT2D eigenvalue weighted by molar-refractivity contribution is -0.138. The van der Waals surface area contributed by atoms with Crippen molar-refractivity contribution in [3.05, 3.63) is 138 Å². The molecule has 1 N–H and O–H groups in total. The quantitative estimate of drug-likeness (QED) is 0.140. The van der Waals surface area contributed by atoms with Gasteiger partial charge in [-0.15, -0.1) is 0 Å². The molecule has 0 aliphatic heterocycles. The molecule has 0 unspecified atom stereocenters. The zero-order valence-corrected chi connectivity index (χ0v) is 29.2. The molecule has 0 aliphatic rings. The molecule has 1 amide bonds. The second-order valence-electron chi connectivity index (χ2n) is 11.3. The van der Waals surface area contributed by atoms with Crippen molar-refractivity contribution >= 4 is 12.1 Å². The first-order valence-electron chi connectivity index (χ1n) is 16.2. The third-order valence-electron chi connectivity index (χ3n) is 7.53. The van der Waals surface area contributed by atoms with E-state index in [1.807, 2.05) is 81.4 Å². The summed E-state index contributed by atoms with van der Waals surface area (Å²) < 4.78 is 27.3. The van der Waals surface area contributed by atoms with Crippen LogP contribution in [0, 0.1) is 32.6 Å². The number of oxazole rings is 2. The Morgan fingerprint density at radius 1 is 0.731 bits per heavy atom. The van der Waals surface area contributed by atoms with E-state index < -0.39 is 18.6 Å². The van der Waals surface area contributed by atoms with E-state index in [0.717, 1.165) is 27.5 Å². The Hall–Kier alpha value is -6.80. The highest BCUT2D eigenvalue weighted by Gasteiger charge is 2.20. The molecule has 0 bridgehead atoms. The number of aromatic nitrogens is 2. The number of benzene rings is 4. The molecule has 11 nitrogen and oxygen atoms in total. The van der Waals surface area contributed by atoms with Crippen LogP contribution < -0.4 is 14.2 Å². The first-order chi connectivity index (χ1) is 25.2. The molecular weight excluding hydrogens is 662 g/mol. The predicted molar refractivity (Wildman–Crippen MR) is 194 cm³/mol. The number of hydrogen-bond acceptors (Lipinski definition) is 9. The van der Waals surface area contributed by atoms with Crippen LogP contribution in [0.5, 0.6) is 17.2 Å². The topological polar surface area (TPSA) is 137 Å². The van der Waals surface area contributed by atoms with E-state index in [2.05, 4.69) is 21.8 Å². The third-order valence-corrected chi connectivity index (χ3v) is 7.53. The van der Waals surface area contributed by atoms with Crippen molar-refractivity contribution < 1.29 is 37.7 Å². The summed E-state index contributed by atoms with van der Waals surface area (Å²) in [5.41, 5.74) is 4.11. The minimum Gasteiger partial charge on any atom is -0.497 e. The molecule has 52 heavy (non-hydrogen) atoms. The maximum atomic E-state index is 12.6. The van der Waals surface area contributed by atoms with Crippen LogP contribution in [0.2, 0.25) is 0 Å². The second kappa shape index (κ2) is 17.7. The average Bonchev–Trinajstić information content (AvgIpc) is 3.71. The number of nitrogens with zero attached hydrogens (tertiary/aromatic N) is 3. The van der Waals surface area contributed by atoms with Crippen LogP contribution >= 0.6 is 0 Å². The summed E-state index contributed by atoms with van der Waals surface area (Å²) >= 11 is 0. The molecule has 0 aliphatic carbocycles. The Morgan fingerprint density at radius 2 is 1.29 bits per heavy atom. The van der Waals surface area contributed by atoms with E-state index in [1.54, 1.807) is 48.5 Å². The second-order valence-corrected chi connectivity index (χ2v) is 11.3. The maximum absolute atomic E-state index is 12.6. The highest BCUT2D eigenvalue weighted by molar-refractivity contribution is 5.78. The molecule has 2 heterocycles. The van der Waals surface area contributed by atoms with Gasteiger partial charge in [0.1, 0.15) is 41.9 Å². The predicted octanol–water partition coefficient (Wildman–Crippen LogP) is 8.13. The van der Waals surface area contributed by atoms with Gasteiger partial charge >= 0.3 is 12.1 Å². The van der Waals surface area contributed by atoms with Crippen LogP contribution in [0.1, 0.15) is 28.5 Å². The molecular formula is C41H37N3O8. The van der Waals surface area contributed by atoms with Gasteiger partial charge in [-0.25, -0.2) is 14.8 Å². The highest BCUT2D eigenvalue weighted by atomic mass is 16.6. The summed E-state index contributed by atoms with van der Waals surface area (Å²) in [6.07, 6.45) is -0.781. The Labute approximate surface area is 301 Å². The Morgan fingerprint density at radius 3 is 1.85 bits per heavy atom. The zero-order valence-electron chi connectivity index (χ0n) is 29.2. The van der Waals surface area contributed by atoms with Crippen molar-refractivity contribution in [3.63, 3.8) is 0 Å². The largest absolute Gasteiger partial charge is 0.497 e. The first-order valence-corrected chi connectivity index (χ1v) is 16.2. The summed E-state index contributed by atoms with van der Waals surface area (Å²) in [6.45, 7) is 5.34. The normalized spacial score (nSPS) is 10.2. The van der Waals surface area contributed by atoms with Gasteiger partial charge in [-0.3, -0.25) is 9.69 Å². The molecule has 6 rings (SSSR count). The highest BCUT2D eigenvalue weighted by Crippen LogP contribution is 2.22. The summed E-state index contributed by atoms with van der Waals surface area (Å²) in [5.74, 6) is 8.93. The van der Waals surface area contributed by atoms with Crippen molar-refractivity contribution in [3.8, 4) is 52.0 Å². The fourth-order valence-electron chi connectivity index (χ4n) is 4.70. The van der Waals surface area contributed by atoms with Crippen LogP contribution in [0.3, 0.4) is 0 Å². The molecule has 11 heteroatoms. The molecule has 0 atom stereocenters. The van der Waals surface area contributed by atoms with Crippen LogP contribution in [-0.4, -0.2) is 52.3 Å². The number of ether oxygens (including phenoxy) is 3. The van der Waals surface area contributed by atoms with Gasteiger partial charge in [0.25, 0.3) is 0 Å². The summed E-state index contributed by atoms with van der Waals surface area (Å²) in [7, 11) is 1.53. The molecule has 264 valence electrons. The zero-order chi connectivity index (χ0) is 36.9. The van der Waals surface area contributed by atoms with E-state index in [0.29, 0.717) is 40.3 Å². The van der Waals surface area contributed by atoms with Gasteiger partial charge in [-0.05, 0) is 92.9 Å². The summed E-state index contributed by atoms with van der Waals surface area (Å²) in [6, 6.07) is 32.8. The molecule has 0 saturated carbocycles. The van der Waals surface area contributed by atoms with Gasteiger partial charge in [0.15, 0.2) is 5.69 Å². The van der Waals surface area contributed by atoms with Gasteiger partial charge < -0.3 is 28.2 Å². The average molecular weight is 700 g/mol. The number of aryl methyl sites for hydroxylation is 3. The van der Waals surface area contributed by atoms with Crippen molar-refractivity contribution in [2.45, 2.75) is 27.3 Å². The van der Waals surface area contributed by atoms with Crippen molar-refractivity contribution in [1.82, 2.24) is 14.9 Å². The Kier molecular flexibility index (Phi) is 12.4. The number of hydrogen-bond donors (Lipinski definition) is 1. The van der Waals surface area contributed by atoms with E-state index in [1.165, 1.54) is 7.11 Å². The van der Waals surface area contributed by atoms with Crippen LogP contribution in [0.15, 0.2) is 118 Å². The number of methoxy groups -OCH3 is 1. The van der Waals surface area contributed by atoms with E-state index >= 15 is 0 Å². The van der Waals surface area contributed by atoms with Gasteiger partial charge in [-0.1, -0.05) is 54.5 Å². The molecule has 0 saturated heterocycles. The number of carbonyl (C=O) groups excluding carboxylic acids is 1. The SMILES string of the molecule is COc1ccc(OC(=O)N(CC(=O)O)Cc2ccc(OCC#Cc3nc(-c4ccccc4)oc3C)cc2)cc1.Cc1nc(-c2ccccc2)oc1C. The number of amides is 1. The molecule has 0 fully saturated rings. The Bertz CT molecular complexity index is 2110. The van der Waals surface area contributed by atoms with Crippen molar-refractivity contribution in [1.29, 1.82) is 0 Å². The van der Waals surface area contributed by atoms with E-state index in [4.69, 9.17) is 23.0 Å². The van der Waals surface area contributed by atoms with Gasteiger partial charge in [-0.2, -0.15) is 0 Å². The molecule has 0 radical (unpaired) electrons. The number of carboxylic acid groups (broad SMARTS) is 1. The van der Waals surface area contributed by atoms with Crippen LogP contribution in [0.25, 0.3) is 22.9 Å². The molecule has 6 aromatic rings. The minimum absolute atomic E-state index is 0.0383. The monoisotopic (exact) mass is 699 g/mol. The fourth-order valence-corrected chi connectivity index (χ4v) is 4.70. The van der Waals surface area contributed by atoms with Crippen LogP contribution in [0.4, 0.5) is 4.79 Å². The van der Waals surface area contributed by atoms with Crippen LogP contribution in [-0.2, 0) is 11.3 Å². The lowest BCUT2D eigenvalue weighted by atomic mass is 10.2. The minimum atomic E-state index is -1.15. The number of carboxylic acids is 1. The van der Waals surface area contributed by atoms with Gasteiger partial charge in [0, 0.05) is 17.7 Å². The van der Waals surface area contributed by atoms with Crippen molar-refractivity contribution in [2.24, 2.45) is 0 Å². The number of aliphatic carboxylic acids is 1. The lowest BCUT2D eigenvalue weighted by Crippen LogP contribution is -2.37. The summed E-state index contributed by atoms with van der Waals surface area (Å²) in [5, 5.41) is 9.26. The number of carbonyl (C=O) groups is 2. The Balaban J connectivity index is 0.000000335. The fraction of sp³-hybridized carbons (Fsp3) is 0.171. The first kappa shape index (κ1) is 36.5. The third kappa shape index (κ3) is 10.4. The lowest BCUT2D eigenvalue weighted by Gasteiger charge is -2.20. The van der Waals surface area contributed by atoms with Crippen molar-refractivity contribution in [2.75, 3.05) is 20.3 Å². The smallest absolute Gasteiger partial charge is 0.416 e. The number of rotatable bonds is 10. The van der Waals surface area contributed by atoms with Gasteiger partial charge in [0.2, 0.25) is 11.8 Å². The standard InChI is InChI=1S/C30H26N2O7.C11H11NO/c1-21-27(31-29(38-21)23-7-4-3-5-8-23)9-6-18-37-25-12-10-22(11-13-25)19-32(20-28(33)34)30(35)39-26-16-14-24(36-2)15-17-26;1-8-9(2)13-11(12-8)10-6-4-3-5-7-10/h3-5,7-8,10-17H,18-20H2,1-2H3,(H,33,34);3-7H,1-2H3. The van der Waals surface area contributed by atoms with Gasteiger partial charge in [0.05, 0.1) is 12.8 Å². The molecule has 4 aromatic carbocycles. The van der Waals surface area contributed by atoms with E-state index in [-0.39, 0.29) is 18.9 Å². The van der Waals surface area contributed by atoms with E-state index in [9.17, 15) is 14.7 Å².